The molecule has 3 aromatic rings. The van der Waals surface area contributed by atoms with E-state index in [-0.39, 0.29) is 0 Å². The van der Waals surface area contributed by atoms with Gasteiger partial charge in [-0.3, -0.25) is 0 Å². The lowest BCUT2D eigenvalue weighted by molar-refractivity contribution is 0.525. The molecule has 0 radical (unpaired) electrons. The van der Waals surface area contributed by atoms with Crippen molar-refractivity contribution < 1.29 is 4.42 Å². The average Bonchev–Trinajstić information content (AvgIpc) is 2.84. The van der Waals surface area contributed by atoms with Gasteiger partial charge in [0, 0.05) is 9.86 Å². The first-order valence-corrected chi connectivity index (χ1v) is 7.49. The average molecular weight is 371 g/mol. The van der Waals surface area contributed by atoms with Crippen molar-refractivity contribution in [3.63, 3.8) is 0 Å². The smallest absolute Gasteiger partial charge is 0.134 e. The molecule has 102 valence electrons. The molecule has 2 nitrogen and oxygen atoms in total. The van der Waals surface area contributed by atoms with Crippen LogP contribution in [0.4, 0.5) is 0 Å². The summed E-state index contributed by atoms with van der Waals surface area (Å²) in [6, 6.07) is 12.7. The highest BCUT2D eigenvalue weighted by Gasteiger charge is 2.18. The minimum absolute atomic E-state index is 0.452. The van der Waals surface area contributed by atoms with Gasteiger partial charge in [0.25, 0.3) is 0 Å². The lowest BCUT2D eigenvalue weighted by atomic mass is 10.1. The van der Waals surface area contributed by atoms with Gasteiger partial charge in [-0.25, -0.2) is 0 Å². The largest absolute Gasteiger partial charge is 0.459 e. The first-order chi connectivity index (χ1) is 9.56. The van der Waals surface area contributed by atoms with E-state index in [1.807, 2.05) is 36.4 Å². The quantitative estimate of drug-likeness (QED) is 0.642. The number of rotatable bonds is 2. The minimum Gasteiger partial charge on any atom is -0.459 e. The molecule has 0 aliphatic carbocycles. The maximum Gasteiger partial charge on any atom is 0.134 e. The molecule has 5 heteroatoms. The predicted molar refractivity (Wildman–Crippen MR) is 86.4 cm³/mol. The van der Waals surface area contributed by atoms with Crippen LogP contribution in [0.25, 0.3) is 11.0 Å². The fourth-order valence-electron chi connectivity index (χ4n) is 2.10. The van der Waals surface area contributed by atoms with E-state index < -0.39 is 6.04 Å². The summed E-state index contributed by atoms with van der Waals surface area (Å²) in [5, 5.41) is 1.93. The topological polar surface area (TPSA) is 39.2 Å². The van der Waals surface area contributed by atoms with Crippen LogP contribution in [0.2, 0.25) is 10.0 Å². The van der Waals surface area contributed by atoms with Crippen molar-refractivity contribution in [1.82, 2.24) is 0 Å². The van der Waals surface area contributed by atoms with Gasteiger partial charge in [0.1, 0.15) is 11.3 Å². The lowest BCUT2D eigenvalue weighted by Gasteiger charge is -2.11. The molecule has 1 heterocycles. The molecule has 1 atom stereocenters. The second-order valence-corrected chi connectivity index (χ2v) is 6.15. The van der Waals surface area contributed by atoms with Gasteiger partial charge < -0.3 is 10.2 Å². The van der Waals surface area contributed by atoms with Crippen molar-refractivity contribution in [2.24, 2.45) is 5.73 Å². The van der Waals surface area contributed by atoms with E-state index in [2.05, 4.69) is 15.9 Å². The second-order valence-electron chi connectivity index (χ2n) is 4.45. The number of hydrogen-bond acceptors (Lipinski definition) is 2. The molecule has 0 amide bonds. The van der Waals surface area contributed by atoms with Crippen LogP contribution in [-0.2, 0) is 0 Å². The van der Waals surface area contributed by atoms with Crippen LogP contribution < -0.4 is 5.73 Å². The monoisotopic (exact) mass is 369 g/mol. The number of hydrogen-bond donors (Lipinski definition) is 1. The molecule has 0 spiro atoms. The molecule has 0 fully saturated rings. The molecule has 0 saturated carbocycles. The molecular formula is C15H10BrCl2NO. The third kappa shape index (κ3) is 2.47. The van der Waals surface area contributed by atoms with Gasteiger partial charge in [0.15, 0.2) is 0 Å². The SMILES string of the molecule is NC(c1cc2cc(Br)ccc2o1)c1cccc(Cl)c1Cl. The van der Waals surface area contributed by atoms with Crippen LogP contribution in [0.5, 0.6) is 0 Å². The Labute approximate surface area is 134 Å². The van der Waals surface area contributed by atoms with Gasteiger partial charge in [-0.15, -0.1) is 0 Å². The molecule has 0 bridgehead atoms. The summed E-state index contributed by atoms with van der Waals surface area (Å²) in [5.74, 6) is 0.655. The second kappa shape index (κ2) is 5.41. The third-order valence-corrected chi connectivity index (χ3v) is 4.45. The van der Waals surface area contributed by atoms with E-state index in [0.717, 1.165) is 21.0 Å². The van der Waals surface area contributed by atoms with Gasteiger partial charge in [-0.2, -0.15) is 0 Å². The van der Waals surface area contributed by atoms with E-state index in [0.29, 0.717) is 15.8 Å². The summed E-state index contributed by atoms with van der Waals surface area (Å²) < 4.78 is 6.78. The molecule has 2 aromatic carbocycles. The van der Waals surface area contributed by atoms with Gasteiger partial charge in [-0.1, -0.05) is 51.3 Å². The fourth-order valence-corrected chi connectivity index (χ4v) is 2.91. The van der Waals surface area contributed by atoms with E-state index in [1.165, 1.54) is 0 Å². The normalized spacial score (nSPS) is 12.8. The molecule has 1 aromatic heterocycles. The Hall–Kier alpha value is -1.000. The van der Waals surface area contributed by atoms with Gasteiger partial charge in [0.05, 0.1) is 16.1 Å². The van der Waals surface area contributed by atoms with Crippen LogP contribution in [-0.4, -0.2) is 0 Å². The molecule has 0 saturated heterocycles. The van der Waals surface area contributed by atoms with Gasteiger partial charge >= 0.3 is 0 Å². The first kappa shape index (κ1) is 14.0. The van der Waals surface area contributed by atoms with Crippen molar-refractivity contribution in [2.75, 3.05) is 0 Å². The van der Waals surface area contributed by atoms with Crippen LogP contribution in [0.3, 0.4) is 0 Å². The Morgan fingerprint density at radius 3 is 2.70 bits per heavy atom. The summed E-state index contributed by atoms with van der Waals surface area (Å²) in [7, 11) is 0. The Balaban J connectivity index is 2.08. The summed E-state index contributed by atoms with van der Waals surface area (Å²) >= 11 is 15.7. The Morgan fingerprint density at radius 2 is 1.90 bits per heavy atom. The van der Waals surface area contributed by atoms with Crippen LogP contribution in [0.1, 0.15) is 17.4 Å². The highest BCUT2D eigenvalue weighted by atomic mass is 79.9. The van der Waals surface area contributed by atoms with Crippen LogP contribution in [0, 0.1) is 0 Å². The van der Waals surface area contributed by atoms with Crippen molar-refractivity contribution in [3.05, 3.63) is 68.3 Å². The molecule has 2 N–H and O–H groups in total. The molecular weight excluding hydrogens is 361 g/mol. The molecule has 3 rings (SSSR count). The summed E-state index contributed by atoms with van der Waals surface area (Å²) in [6.45, 7) is 0. The minimum atomic E-state index is -0.452. The summed E-state index contributed by atoms with van der Waals surface area (Å²) in [5.41, 5.74) is 7.78. The number of furan rings is 1. The third-order valence-electron chi connectivity index (χ3n) is 3.12. The fraction of sp³-hybridized carbons (Fsp3) is 0.0667. The van der Waals surface area contributed by atoms with Crippen molar-refractivity contribution in [2.45, 2.75) is 6.04 Å². The highest BCUT2D eigenvalue weighted by Crippen LogP contribution is 2.34. The molecule has 0 aliphatic rings. The zero-order valence-corrected chi connectivity index (χ0v) is 13.3. The van der Waals surface area contributed by atoms with E-state index in [1.54, 1.807) is 6.07 Å². The summed E-state index contributed by atoms with van der Waals surface area (Å²) in [4.78, 5) is 0. The Kier molecular flexibility index (Phi) is 3.78. The summed E-state index contributed by atoms with van der Waals surface area (Å²) in [6.07, 6.45) is 0. The molecule has 1 unspecified atom stereocenters. The van der Waals surface area contributed by atoms with Gasteiger partial charge in [0.2, 0.25) is 0 Å². The van der Waals surface area contributed by atoms with Crippen molar-refractivity contribution >= 4 is 50.1 Å². The van der Waals surface area contributed by atoms with E-state index >= 15 is 0 Å². The standard InChI is InChI=1S/C15H10BrCl2NO/c16-9-4-5-12-8(6-9)7-13(20-12)15(19)10-2-1-3-11(17)14(10)18/h1-7,15H,19H2. The zero-order chi connectivity index (χ0) is 14.3. The number of benzene rings is 2. The number of nitrogens with two attached hydrogens (primary N) is 1. The number of halogens is 3. The van der Waals surface area contributed by atoms with Crippen LogP contribution in [0.15, 0.2) is 51.4 Å². The Morgan fingerprint density at radius 1 is 1.10 bits per heavy atom. The van der Waals surface area contributed by atoms with Crippen molar-refractivity contribution in [1.29, 1.82) is 0 Å². The molecule has 20 heavy (non-hydrogen) atoms. The highest BCUT2D eigenvalue weighted by molar-refractivity contribution is 9.10. The maximum atomic E-state index is 6.24. The molecule has 0 aliphatic heterocycles. The first-order valence-electron chi connectivity index (χ1n) is 5.95. The predicted octanol–water partition coefficient (Wildman–Crippen LogP) is 5.55. The van der Waals surface area contributed by atoms with Gasteiger partial charge in [-0.05, 0) is 35.9 Å². The lowest BCUT2D eigenvalue weighted by Crippen LogP contribution is -2.11. The van der Waals surface area contributed by atoms with E-state index in [4.69, 9.17) is 33.4 Å². The van der Waals surface area contributed by atoms with Crippen LogP contribution >= 0.6 is 39.1 Å². The Bertz CT molecular complexity index is 785. The van der Waals surface area contributed by atoms with E-state index in [9.17, 15) is 0 Å². The van der Waals surface area contributed by atoms with Crippen molar-refractivity contribution in [3.8, 4) is 0 Å². The maximum absolute atomic E-state index is 6.24. The number of fused-ring (bicyclic) bond motifs is 1. The zero-order valence-electron chi connectivity index (χ0n) is 10.2.